The summed E-state index contributed by atoms with van der Waals surface area (Å²) in [7, 11) is 0. The Bertz CT molecular complexity index is 246. The number of nitrogens with zero attached hydrogens (tertiary/aromatic N) is 1. The van der Waals surface area contributed by atoms with Gasteiger partial charge in [-0.05, 0) is 37.9 Å². The Morgan fingerprint density at radius 3 is 2.71 bits per heavy atom. The predicted molar refractivity (Wildman–Crippen MR) is 77.5 cm³/mol. The standard InChI is InChI=1S/C14H28N2S/c1-4-17-14-7-5-6-13(14)16-9-8-12(15)10(2)11(16)3/h10-14H,4-9,15H2,1-3H3. The third kappa shape index (κ3) is 2.82. The molecule has 1 saturated carbocycles. The molecule has 17 heavy (non-hydrogen) atoms. The van der Waals surface area contributed by atoms with Gasteiger partial charge in [0.25, 0.3) is 0 Å². The third-order valence-electron chi connectivity index (χ3n) is 4.90. The molecule has 0 aromatic heterocycles. The zero-order valence-corrected chi connectivity index (χ0v) is 12.4. The molecule has 1 aliphatic carbocycles. The Morgan fingerprint density at radius 2 is 2.00 bits per heavy atom. The van der Waals surface area contributed by atoms with Gasteiger partial charge in [0.2, 0.25) is 0 Å². The highest BCUT2D eigenvalue weighted by Crippen LogP contribution is 2.37. The summed E-state index contributed by atoms with van der Waals surface area (Å²) >= 11 is 2.17. The van der Waals surface area contributed by atoms with Gasteiger partial charge < -0.3 is 5.73 Å². The maximum Gasteiger partial charge on any atom is 0.0217 e. The molecule has 0 radical (unpaired) electrons. The lowest BCUT2D eigenvalue weighted by molar-refractivity contribution is 0.0605. The second-order valence-electron chi connectivity index (χ2n) is 5.78. The number of likely N-dealkylation sites (tertiary alicyclic amines) is 1. The minimum Gasteiger partial charge on any atom is -0.327 e. The van der Waals surface area contributed by atoms with Crippen molar-refractivity contribution >= 4 is 11.8 Å². The van der Waals surface area contributed by atoms with Gasteiger partial charge in [-0.25, -0.2) is 0 Å². The molecule has 0 spiro atoms. The Kier molecular flexibility index (Phi) is 4.79. The van der Waals surface area contributed by atoms with Gasteiger partial charge in [-0.1, -0.05) is 20.3 Å². The number of thioether (sulfide) groups is 1. The topological polar surface area (TPSA) is 29.3 Å². The van der Waals surface area contributed by atoms with Crippen molar-refractivity contribution in [2.45, 2.75) is 69.8 Å². The van der Waals surface area contributed by atoms with E-state index in [-0.39, 0.29) is 0 Å². The van der Waals surface area contributed by atoms with Crippen molar-refractivity contribution in [3.05, 3.63) is 0 Å². The normalized spacial score (nSPS) is 44.1. The fraction of sp³-hybridized carbons (Fsp3) is 1.00. The molecule has 5 atom stereocenters. The molecule has 2 nitrogen and oxygen atoms in total. The molecule has 2 rings (SSSR count). The first-order valence-electron chi connectivity index (χ1n) is 7.28. The average molecular weight is 256 g/mol. The van der Waals surface area contributed by atoms with Crippen molar-refractivity contribution in [1.82, 2.24) is 4.90 Å². The third-order valence-corrected chi connectivity index (χ3v) is 6.22. The largest absolute Gasteiger partial charge is 0.327 e. The molecular weight excluding hydrogens is 228 g/mol. The SMILES string of the molecule is CCSC1CCCC1N1CCC(N)C(C)C1C. The smallest absolute Gasteiger partial charge is 0.0217 e. The molecule has 3 heteroatoms. The van der Waals surface area contributed by atoms with E-state index >= 15 is 0 Å². The van der Waals surface area contributed by atoms with Gasteiger partial charge in [-0.15, -0.1) is 0 Å². The van der Waals surface area contributed by atoms with Crippen LogP contribution in [0.5, 0.6) is 0 Å². The Labute approximate surface area is 111 Å². The van der Waals surface area contributed by atoms with Crippen LogP contribution in [0, 0.1) is 5.92 Å². The van der Waals surface area contributed by atoms with E-state index in [4.69, 9.17) is 5.73 Å². The summed E-state index contributed by atoms with van der Waals surface area (Å²) in [6.07, 6.45) is 5.44. The van der Waals surface area contributed by atoms with Gasteiger partial charge in [0.05, 0.1) is 0 Å². The predicted octanol–water partition coefficient (Wildman–Crippen LogP) is 2.72. The van der Waals surface area contributed by atoms with E-state index in [1.807, 2.05) is 0 Å². The van der Waals surface area contributed by atoms with E-state index in [0.717, 1.165) is 11.3 Å². The summed E-state index contributed by atoms with van der Waals surface area (Å²) in [5.41, 5.74) is 6.19. The number of rotatable bonds is 3. The van der Waals surface area contributed by atoms with Crippen molar-refractivity contribution in [3.63, 3.8) is 0 Å². The van der Waals surface area contributed by atoms with E-state index in [1.54, 1.807) is 0 Å². The Balaban J connectivity index is 2.01. The first kappa shape index (κ1) is 13.7. The van der Waals surface area contributed by atoms with E-state index in [9.17, 15) is 0 Å². The van der Waals surface area contributed by atoms with E-state index in [2.05, 4.69) is 37.4 Å². The molecule has 1 aliphatic heterocycles. The Morgan fingerprint density at radius 1 is 1.24 bits per heavy atom. The van der Waals surface area contributed by atoms with Gasteiger partial charge >= 0.3 is 0 Å². The Hall–Kier alpha value is 0.270. The monoisotopic (exact) mass is 256 g/mol. The summed E-state index contributed by atoms with van der Waals surface area (Å²) in [6, 6.07) is 1.91. The fourth-order valence-corrected chi connectivity index (χ4v) is 4.86. The van der Waals surface area contributed by atoms with Crippen LogP contribution in [0.2, 0.25) is 0 Å². The molecule has 0 aromatic carbocycles. The molecule has 0 aromatic rings. The molecule has 1 saturated heterocycles. The summed E-state index contributed by atoms with van der Waals surface area (Å²) in [6.45, 7) is 8.23. The lowest BCUT2D eigenvalue weighted by Crippen LogP contribution is -2.56. The van der Waals surface area contributed by atoms with Gasteiger partial charge in [0, 0.05) is 29.9 Å². The lowest BCUT2D eigenvalue weighted by Gasteiger charge is -2.46. The van der Waals surface area contributed by atoms with E-state index < -0.39 is 0 Å². The van der Waals surface area contributed by atoms with E-state index in [1.165, 1.54) is 38.0 Å². The summed E-state index contributed by atoms with van der Waals surface area (Å²) < 4.78 is 0. The quantitative estimate of drug-likeness (QED) is 0.842. The maximum atomic E-state index is 6.19. The van der Waals surface area contributed by atoms with Crippen LogP contribution >= 0.6 is 11.8 Å². The van der Waals surface area contributed by atoms with Crippen molar-refractivity contribution in [2.24, 2.45) is 11.7 Å². The van der Waals surface area contributed by atoms with Gasteiger partial charge in [-0.3, -0.25) is 4.90 Å². The van der Waals surface area contributed by atoms with Crippen molar-refractivity contribution in [1.29, 1.82) is 0 Å². The molecule has 1 heterocycles. The zero-order chi connectivity index (χ0) is 12.4. The van der Waals surface area contributed by atoms with Crippen LogP contribution in [0.15, 0.2) is 0 Å². The van der Waals surface area contributed by atoms with Crippen LogP contribution in [0.1, 0.15) is 46.5 Å². The van der Waals surface area contributed by atoms with Crippen molar-refractivity contribution < 1.29 is 0 Å². The zero-order valence-electron chi connectivity index (χ0n) is 11.6. The number of hydrogen-bond donors (Lipinski definition) is 1. The molecular formula is C14H28N2S. The lowest BCUT2D eigenvalue weighted by atomic mass is 9.86. The number of nitrogens with two attached hydrogens (primary N) is 1. The van der Waals surface area contributed by atoms with Crippen LogP contribution in [-0.2, 0) is 0 Å². The minimum atomic E-state index is 0.417. The highest BCUT2D eigenvalue weighted by atomic mass is 32.2. The fourth-order valence-electron chi connectivity index (χ4n) is 3.59. The van der Waals surface area contributed by atoms with Gasteiger partial charge in [0.1, 0.15) is 0 Å². The van der Waals surface area contributed by atoms with Gasteiger partial charge in [-0.2, -0.15) is 11.8 Å². The molecule has 0 amide bonds. The van der Waals surface area contributed by atoms with Gasteiger partial charge in [0.15, 0.2) is 0 Å². The van der Waals surface area contributed by atoms with Crippen LogP contribution in [0.3, 0.4) is 0 Å². The minimum absolute atomic E-state index is 0.417. The molecule has 2 N–H and O–H groups in total. The van der Waals surface area contributed by atoms with Crippen LogP contribution in [-0.4, -0.2) is 40.6 Å². The summed E-state index contributed by atoms with van der Waals surface area (Å²) in [5, 5.41) is 0.879. The number of hydrogen-bond acceptors (Lipinski definition) is 3. The van der Waals surface area contributed by atoms with E-state index in [0.29, 0.717) is 18.0 Å². The molecule has 2 aliphatic rings. The van der Waals surface area contributed by atoms with Crippen LogP contribution in [0.4, 0.5) is 0 Å². The average Bonchev–Trinajstić information content (AvgIpc) is 2.75. The molecule has 0 bridgehead atoms. The second-order valence-corrected chi connectivity index (χ2v) is 7.30. The first-order chi connectivity index (χ1) is 8.15. The number of piperidine rings is 1. The molecule has 5 unspecified atom stereocenters. The molecule has 2 fully saturated rings. The summed E-state index contributed by atoms with van der Waals surface area (Å²) in [5.74, 6) is 1.91. The van der Waals surface area contributed by atoms with Crippen LogP contribution in [0.25, 0.3) is 0 Å². The molecule has 100 valence electrons. The second kappa shape index (κ2) is 5.94. The maximum absolute atomic E-state index is 6.19. The highest BCUT2D eigenvalue weighted by Gasteiger charge is 2.39. The summed E-state index contributed by atoms with van der Waals surface area (Å²) in [4.78, 5) is 2.77. The van der Waals surface area contributed by atoms with Crippen molar-refractivity contribution in [2.75, 3.05) is 12.3 Å². The van der Waals surface area contributed by atoms with Crippen LogP contribution < -0.4 is 5.73 Å². The first-order valence-corrected chi connectivity index (χ1v) is 8.33. The highest BCUT2D eigenvalue weighted by molar-refractivity contribution is 7.99. The van der Waals surface area contributed by atoms with Crippen molar-refractivity contribution in [3.8, 4) is 0 Å².